The number of carbonyl (C=O) groups is 1. The summed E-state index contributed by atoms with van der Waals surface area (Å²) >= 11 is 3.46. The molecule has 1 aromatic heterocycles. The number of nitrogens with zero attached hydrogens (tertiary/aromatic N) is 1. The lowest BCUT2D eigenvalue weighted by Gasteiger charge is -2.21. The summed E-state index contributed by atoms with van der Waals surface area (Å²) in [6.07, 6.45) is 3.18. The van der Waals surface area contributed by atoms with E-state index in [-0.39, 0.29) is 5.91 Å². The molecule has 2 aromatic rings. The van der Waals surface area contributed by atoms with E-state index in [1.807, 2.05) is 24.3 Å². The third-order valence-electron chi connectivity index (χ3n) is 3.45. The Labute approximate surface area is 131 Å². The number of amides is 1. The molecule has 0 saturated heterocycles. The molecule has 106 valence electrons. The van der Waals surface area contributed by atoms with E-state index >= 15 is 0 Å². The summed E-state index contributed by atoms with van der Waals surface area (Å²) in [7, 11) is 0. The normalized spacial score (nSPS) is 13.8. The van der Waals surface area contributed by atoms with Crippen molar-refractivity contribution >= 4 is 33.2 Å². The number of rotatable bonds is 2. The van der Waals surface area contributed by atoms with Gasteiger partial charge in [-0.25, -0.2) is 4.98 Å². The summed E-state index contributed by atoms with van der Waals surface area (Å²) in [5.41, 5.74) is 9.27. The molecule has 5 heteroatoms. The van der Waals surface area contributed by atoms with Crippen LogP contribution in [-0.4, -0.2) is 10.9 Å². The molecule has 1 aromatic carbocycles. The topological polar surface area (TPSA) is 68.0 Å². The minimum atomic E-state index is -0.213. The van der Waals surface area contributed by atoms with Gasteiger partial charge in [-0.2, -0.15) is 0 Å². The average molecular weight is 344 g/mol. The SMILES string of the molecule is NC1=C(C(=O)Nc2ccccn2)c2ccc(Br)cc2CC1. The summed E-state index contributed by atoms with van der Waals surface area (Å²) in [5, 5.41) is 2.80. The number of aryl methyl sites for hydroxylation is 1. The lowest BCUT2D eigenvalue weighted by Crippen LogP contribution is -2.22. The van der Waals surface area contributed by atoms with E-state index in [0.717, 1.165) is 22.0 Å². The van der Waals surface area contributed by atoms with E-state index in [1.54, 1.807) is 18.3 Å². The molecule has 21 heavy (non-hydrogen) atoms. The lowest BCUT2D eigenvalue weighted by atomic mass is 9.88. The molecule has 0 radical (unpaired) electrons. The number of halogens is 1. The second-order valence-electron chi connectivity index (χ2n) is 4.87. The van der Waals surface area contributed by atoms with E-state index < -0.39 is 0 Å². The van der Waals surface area contributed by atoms with Crippen molar-refractivity contribution in [3.05, 3.63) is 63.9 Å². The van der Waals surface area contributed by atoms with E-state index in [4.69, 9.17) is 5.73 Å². The summed E-state index contributed by atoms with van der Waals surface area (Å²) in [6, 6.07) is 11.3. The first kappa shape index (κ1) is 13.8. The highest BCUT2D eigenvalue weighted by Gasteiger charge is 2.23. The van der Waals surface area contributed by atoms with Crippen LogP contribution in [0.15, 0.2) is 52.8 Å². The first-order chi connectivity index (χ1) is 10.1. The molecule has 1 amide bonds. The number of pyridine rings is 1. The lowest BCUT2D eigenvalue weighted by molar-refractivity contribution is -0.111. The number of anilines is 1. The van der Waals surface area contributed by atoms with Gasteiger partial charge in [0.2, 0.25) is 0 Å². The van der Waals surface area contributed by atoms with Crippen molar-refractivity contribution in [2.75, 3.05) is 5.32 Å². The van der Waals surface area contributed by atoms with Crippen LogP contribution in [0.4, 0.5) is 5.82 Å². The van der Waals surface area contributed by atoms with Crippen LogP contribution >= 0.6 is 15.9 Å². The van der Waals surface area contributed by atoms with Gasteiger partial charge in [-0.15, -0.1) is 0 Å². The number of hydrogen-bond donors (Lipinski definition) is 2. The van der Waals surface area contributed by atoms with Gasteiger partial charge in [-0.1, -0.05) is 28.1 Å². The summed E-state index contributed by atoms with van der Waals surface area (Å²) in [6.45, 7) is 0. The van der Waals surface area contributed by atoms with Gasteiger partial charge in [0.15, 0.2) is 0 Å². The zero-order valence-electron chi connectivity index (χ0n) is 11.3. The van der Waals surface area contributed by atoms with Crippen molar-refractivity contribution in [1.29, 1.82) is 0 Å². The molecule has 4 nitrogen and oxygen atoms in total. The van der Waals surface area contributed by atoms with E-state index in [2.05, 4.69) is 26.2 Å². The number of hydrogen-bond acceptors (Lipinski definition) is 3. The second kappa shape index (κ2) is 5.69. The number of allylic oxidation sites excluding steroid dienone is 1. The fourth-order valence-corrected chi connectivity index (χ4v) is 2.87. The summed E-state index contributed by atoms with van der Waals surface area (Å²) < 4.78 is 1.01. The Morgan fingerprint density at radius 1 is 1.24 bits per heavy atom. The zero-order chi connectivity index (χ0) is 14.8. The summed E-state index contributed by atoms with van der Waals surface area (Å²) in [5.74, 6) is 0.307. The number of nitrogens with two attached hydrogens (primary N) is 1. The zero-order valence-corrected chi connectivity index (χ0v) is 12.9. The standard InChI is InChI=1S/C16H14BrN3O/c17-11-5-6-12-10(9-11)4-7-13(18)15(12)16(21)20-14-3-1-2-8-19-14/h1-3,5-6,8-9H,4,7,18H2,(H,19,20,21). The van der Waals surface area contributed by atoms with Crippen LogP contribution in [0.2, 0.25) is 0 Å². The van der Waals surface area contributed by atoms with Crippen molar-refractivity contribution < 1.29 is 4.79 Å². The maximum atomic E-state index is 12.5. The Hall–Kier alpha value is -2.14. The minimum absolute atomic E-state index is 0.213. The number of carbonyl (C=O) groups excluding carboxylic acids is 1. The Bertz CT molecular complexity index is 726. The molecule has 0 atom stereocenters. The van der Waals surface area contributed by atoms with Crippen LogP contribution in [0.25, 0.3) is 5.57 Å². The maximum Gasteiger partial charge on any atom is 0.259 e. The average Bonchev–Trinajstić information content (AvgIpc) is 2.48. The van der Waals surface area contributed by atoms with Crippen molar-refractivity contribution in [1.82, 2.24) is 4.98 Å². The van der Waals surface area contributed by atoms with Crippen molar-refractivity contribution in [3.8, 4) is 0 Å². The Balaban J connectivity index is 1.95. The van der Waals surface area contributed by atoms with Crippen LogP contribution in [0, 0.1) is 0 Å². The van der Waals surface area contributed by atoms with Gasteiger partial charge in [0.1, 0.15) is 5.82 Å². The van der Waals surface area contributed by atoms with Gasteiger partial charge in [-0.05, 0) is 48.2 Å². The Morgan fingerprint density at radius 2 is 2.10 bits per heavy atom. The molecular weight excluding hydrogens is 330 g/mol. The van der Waals surface area contributed by atoms with Gasteiger partial charge < -0.3 is 11.1 Å². The molecular formula is C16H14BrN3O. The first-order valence-corrected chi connectivity index (χ1v) is 7.44. The van der Waals surface area contributed by atoms with Crippen molar-refractivity contribution in [3.63, 3.8) is 0 Å². The number of benzene rings is 1. The third kappa shape index (κ3) is 2.83. The molecule has 0 bridgehead atoms. The molecule has 0 fully saturated rings. The fourth-order valence-electron chi connectivity index (χ4n) is 2.46. The Morgan fingerprint density at radius 3 is 2.86 bits per heavy atom. The molecule has 1 aliphatic carbocycles. The van der Waals surface area contributed by atoms with E-state index in [1.165, 1.54) is 0 Å². The molecule has 0 aliphatic heterocycles. The number of aromatic nitrogens is 1. The van der Waals surface area contributed by atoms with Gasteiger partial charge in [0, 0.05) is 16.4 Å². The molecule has 0 saturated carbocycles. The van der Waals surface area contributed by atoms with Gasteiger partial charge >= 0.3 is 0 Å². The van der Waals surface area contributed by atoms with E-state index in [0.29, 0.717) is 23.5 Å². The second-order valence-corrected chi connectivity index (χ2v) is 5.79. The fraction of sp³-hybridized carbons (Fsp3) is 0.125. The van der Waals surface area contributed by atoms with Gasteiger partial charge in [-0.3, -0.25) is 4.79 Å². The van der Waals surface area contributed by atoms with Crippen LogP contribution in [0.1, 0.15) is 17.5 Å². The van der Waals surface area contributed by atoms with Crippen molar-refractivity contribution in [2.24, 2.45) is 5.73 Å². The summed E-state index contributed by atoms with van der Waals surface area (Å²) in [4.78, 5) is 16.6. The highest BCUT2D eigenvalue weighted by atomic mass is 79.9. The van der Waals surface area contributed by atoms with Crippen LogP contribution in [-0.2, 0) is 11.2 Å². The van der Waals surface area contributed by atoms with Gasteiger partial charge in [0.25, 0.3) is 5.91 Å². The first-order valence-electron chi connectivity index (χ1n) is 6.65. The van der Waals surface area contributed by atoms with Gasteiger partial charge in [0.05, 0.1) is 5.57 Å². The van der Waals surface area contributed by atoms with Crippen LogP contribution < -0.4 is 11.1 Å². The molecule has 0 unspecified atom stereocenters. The number of nitrogens with one attached hydrogen (secondary N) is 1. The maximum absolute atomic E-state index is 12.5. The van der Waals surface area contributed by atoms with Crippen LogP contribution in [0.5, 0.6) is 0 Å². The monoisotopic (exact) mass is 343 g/mol. The highest BCUT2D eigenvalue weighted by Crippen LogP contribution is 2.31. The Kier molecular flexibility index (Phi) is 3.75. The van der Waals surface area contributed by atoms with Crippen molar-refractivity contribution in [2.45, 2.75) is 12.8 Å². The minimum Gasteiger partial charge on any atom is -0.401 e. The number of fused-ring (bicyclic) bond motifs is 1. The molecule has 3 rings (SSSR count). The quantitative estimate of drug-likeness (QED) is 0.880. The molecule has 1 heterocycles. The third-order valence-corrected chi connectivity index (χ3v) is 3.95. The predicted octanol–water partition coefficient (Wildman–Crippen LogP) is 3.10. The molecule has 0 spiro atoms. The predicted molar refractivity (Wildman–Crippen MR) is 86.4 cm³/mol. The highest BCUT2D eigenvalue weighted by molar-refractivity contribution is 9.10. The smallest absolute Gasteiger partial charge is 0.259 e. The van der Waals surface area contributed by atoms with E-state index in [9.17, 15) is 4.79 Å². The largest absolute Gasteiger partial charge is 0.401 e. The molecule has 3 N–H and O–H groups in total. The van der Waals surface area contributed by atoms with Crippen LogP contribution in [0.3, 0.4) is 0 Å². The molecule has 1 aliphatic rings.